The van der Waals surface area contributed by atoms with E-state index >= 15 is 0 Å². The summed E-state index contributed by atoms with van der Waals surface area (Å²) in [4.78, 5) is 1.10. The third-order valence-corrected chi connectivity index (χ3v) is 26.4. The molecule has 0 saturated carbocycles. The van der Waals surface area contributed by atoms with E-state index in [1.54, 1.807) is 7.89 Å². The summed E-state index contributed by atoms with van der Waals surface area (Å²) in [6, 6.07) is 0.695. The minimum atomic E-state index is -1.22. The Hall–Kier alpha value is 0.599. The Bertz CT molecular complexity index is 553. The molecule has 1 aliphatic rings. The molecule has 0 saturated heterocycles. The molecule has 1 heterocycles. The van der Waals surface area contributed by atoms with Gasteiger partial charge in [0.15, 0.2) is 0 Å². The van der Waals surface area contributed by atoms with Crippen LogP contribution < -0.4 is 0 Å². The van der Waals surface area contributed by atoms with Gasteiger partial charge in [0.05, 0.1) is 16.1 Å². The standard InChI is InChI=1S/C14H35NP2Si3.5CO.W/c1-12(2)15(20(9,10)11)13-16-17(13)14(18(3,4)5)19(6,7)8;5*1-2;/h12,14H,1-11H3;;;;;;. The van der Waals surface area contributed by atoms with E-state index in [4.69, 9.17) is 23.3 Å². The molecule has 0 aromatic carbocycles. The van der Waals surface area contributed by atoms with E-state index in [0.29, 0.717) is 6.04 Å². The minimum absolute atomic E-state index is 0. The van der Waals surface area contributed by atoms with Crippen molar-refractivity contribution >= 4 is 45.0 Å². The van der Waals surface area contributed by atoms with E-state index in [1.165, 1.54) is 0 Å². The van der Waals surface area contributed by atoms with Gasteiger partial charge in [-0.25, -0.2) is 0 Å². The van der Waals surface area contributed by atoms with Gasteiger partial charge in [-0.1, -0.05) is 72.8 Å². The van der Waals surface area contributed by atoms with E-state index in [1.807, 2.05) is 5.16 Å². The molecule has 1 rings (SSSR count). The summed E-state index contributed by atoms with van der Waals surface area (Å²) in [6.45, 7) is 50.5. The SMILES string of the molecule is CC(C)N(C1=PP1C([Si](C)(C)C)[Si](C)(C)C)[Si](C)(C)C.[C-]#[O+].[C-]#[O+].[C-]#[O+].[C-]#[O+].[C-]#[O+].[W]. The van der Waals surface area contributed by atoms with Gasteiger partial charge in [0.25, 0.3) is 0 Å². The summed E-state index contributed by atoms with van der Waals surface area (Å²) in [6.07, 6.45) is 0. The third kappa shape index (κ3) is 18.7. The molecule has 0 fully saturated rings. The van der Waals surface area contributed by atoms with Gasteiger partial charge in [-0.15, -0.1) is 0 Å². The molecule has 0 aromatic rings. The fourth-order valence-corrected chi connectivity index (χ4v) is 37.0. The van der Waals surface area contributed by atoms with E-state index < -0.39 is 24.4 Å². The summed E-state index contributed by atoms with van der Waals surface area (Å²) >= 11 is 0. The molecule has 6 nitrogen and oxygen atoms in total. The molecule has 0 spiro atoms. The zero-order valence-corrected chi connectivity index (χ0v) is 28.2. The third-order valence-electron chi connectivity index (χ3n) is 3.70. The number of hydrogen-bond acceptors (Lipinski definition) is 1. The Labute approximate surface area is 210 Å². The Morgan fingerprint density at radius 1 is 0.677 bits per heavy atom. The summed E-state index contributed by atoms with van der Waals surface area (Å²) in [5, 5.41) is 1.86. The maximum atomic E-state index is 7.50. The fourth-order valence-electron chi connectivity index (χ4n) is 3.74. The van der Waals surface area contributed by atoms with Crippen LogP contribution in [0.15, 0.2) is 0 Å². The molecule has 1 atom stereocenters. The van der Waals surface area contributed by atoms with Gasteiger partial charge in [-0.05, 0) is 20.4 Å². The molecule has 12 heteroatoms. The van der Waals surface area contributed by atoms with Crippen LogP contribution in [0.25, 0.3) is 0 Å². The molecular weight excluding hydrogens is 652 g/mol. The molecular formula is C19H35NO5P2Si3W. The molecule has 0 radical (unpaired) electrons. The van der Waals surface area contributed by atoms with Gasteiger partial charge < -0.3 is 0 Å². The number of hydrogen-bond donors (Lipinski definition) is 0. The van der Waals surface area contributed by atoms with Crippen LogP contribution in [0, 0.1) is 33.3 Å². The van der Waals surface area contributed by atoms with Crippen molar-refractivity contribution in [2.45, 2.75) is 83.7 Å². The first-order chi connectivity index (χ1) is 13.7. The first-order valence-electron chi connectivity index (χ1n) is 8.86. The molecule has 0 N–H and O–H groups in total. The molecule has 174 valence electrons. The minimum Gasteiger partial charge on any atom is 0 e. The fraction of sp³-hybridized carbons (Fsp3) is 0.684. The number of rotatable bonds is 6. The van der Waals surface area contributed by atoms with Gasteiger partial charge in [0.2, 0.25) is 0 Å². The molecule has 31 heavy (non-hydrogen) atoms. The van der Waals surface area contributed by atoms with Crippen LogP contribution in [0.2, 0.25) is 58.9 Å². The average Bonchev–Trinajstić information content (AvgIpc) is 3.38. The van der Waals surface area contributed by atoms with Gasteiger partial charge >= 0.3 is 56.5 Å². The van der Waals surface area contributed by atoms with Crippen molar-refractivity contribution in [1.82, 2.24) is 4.57 Å². The Morgan fingerprint density at radius 3 is 1.10 bits per heavy atom. The topological polar surface area (TPSA) is 103 Å². The van der Waals surface area contributed by atoms with Gasteiger partial charge in [0.1, 0.15) is 8.24 Å². The molecule has 0 aliphatic carbocycles. The van der Waals surface area contributed by atoms with E-state index in [9.17, 15) is 0 Å². The van der Waals surface area contributed by atoms with Crippen molar-refractivity contribution in [2.75, 3.05) is 0 Å². The molecule has 1 unspecified atom stereocenters. The average molecular weight is 688 g/mol. The van der Waals surface area contributed by atoms with E-state index in [0.717, 1.165) is 4.91 Å². The second-order valence-corrected chi connectivity index (χ2v) is 31.0. The van der Waals surface area contributed by atoms with Crippen LogP contribution in [0.5, 0.6) is 0 Å². The monoisotopic (exact) mass is 687 g/mol. The van der Waals surface area contributed by atoms with Gasteiger partial charge in [-0.3, -0.25) is 4.57 Å². The molecule has 0 amide bonds. The maximum absolute atomic E-state index is 7.50. The summed E-state index contributed by atoms with van der Waals surface area (Å²) in [5.74, 6) is 0. The van der Waals surface area contributed by atoms with Crippen LogP contribution in [0.1, 0.15) is 13.8 Å². The summed E-state index contributed by atoms with van der Waals surface area (Å²) in [5.41, 5.74) is 0. The van der Waals surface area contributed by atoms with Crippen molar-refractivity contribution in [3.63, 3.8) is 0 Å². The predicted octanol–water partition coefficient (Wildman–Crippen LogP) is 5.91. The van der Waals surface area contributed by atoms with Crippen molar-refractivity contribution in [2.24, 2.45) is 0 Å². The quantitative estimate of drug-likeness (QED) is 0.148. The molecule has 0 aromatic heterocycles. The zero-order valence-electron chi connectivity index (χ0n) is 20.4. The Kier molecular flexibility index (Phi) is 32.6. The van der Waals surface area contributed by atoms with E-state index in [-0.39, 0.29) is 28.7 Å². The van der Waals surface area contributed by atoms with Crippen LogP contribution >= 0.6 is 15.5 Å². The molecule has 0 bridgehead atoms. The largest absolute Gasteiger partial charge is 0 e. The van der Waals surface area contributed by atoms with Crippen molar-refractivity contribution < 1.29 is 44.3 Å². The van der Waals surface area contributed by atoms with Crippen molar-refractivity contribution in [3.05, 3.63) is 33.3 Å². The van der Waals surface area contributed by atoms with Crippen LogP contribution in [0.4, 0.5) is 0 Å². The smallest absolute Gasteiger partial charge is 0 e. The second kappa shape index (κ2) is 22.4. The predicted molar refractivity (Wildman–Crippen MR) is 129 cm³/mol. The normalized spacial score (nSPS) is 14.3. The Balaban J connectivity index is -0.000000124. The first kappa shape index (κ1) is 45.1. The summed E-state index contributed by atoms with van der Waals surface area (Å²) < 4.78 is 40.4. The summed E-state index contributed by atoms with van der Waals surface area (Å²) in [7, 11) is -1.40. The number of nitrogens with zero attached hydrogens (tertiary/aromatic N) is 1. The van der Waals surface area contributed by atoms with Crippen molar-refractivity contribution in [1.29, 1.82) is 0 Å². The Morgan fingerprint density at radius 2 is 0.935 bits per heavy atom. The van der Waals surface area contributed by atoms with E-state index in [2.05, 4.69) is 111 Å². The maximum Gasteiger partial charge on any atom is 0 e. The van der Waals surface area contributed by atoms with Gasteiger partial charge in [-0.2, -0.15) is 0 Å². The zero-order chi connectivity index (χ0) is 26.1. The van der Waals surface area contributed by atoms with Crippen molar-refractivity contribution in [3.8, 4) is 0 Å². The van der Waals surface area contributed by atoms with Gasteiger partial charge in [0, 0.05) is 32.3 Å². The van der Waals surface area contributed by atoms with Crippen LogP contribution in [0.3, 0.4) is 0 Å². The second-order valence-electron chi connectivity index (χ2n) is 9.51. The molecule has 1 aliphatic heterocycles. The van der Waals surface area contributed by atoms with Crippen LogP contribution in [-0.4, -0.2) is 45.1 Å². The van der Waals surface area contributed by atoms with Crippen LogP contribution in [-0.2, 0) is 44.3 Å². The first-order valence-corrected chi connectivity index (χ1v) is 22.5.